The summed E-state index contributed by atoms with van der Waals surface area (Å²) in [4.78, 5) is 4.20. The Hall–Kier alpha value is -1.55. The van der Waals surface area contributed by atoms with E-state index in [9.17, 15) is 5.11 Å². The van der Waals surface area contributed by atoms with Gasteiger partial charge in [0.2, 0.25) is 0 Å². The first-order chi connectivity index (χ1) is 7.74. The second kappa shape index (κ2) is 4.53. The van der Waals surface area contributed by atoms with Gasteiger partial charge in [0.05, 0.1) is 6.26 Å². The van der Waals surface area contributed by atoms with Crippen molar-refractivity contribution < 1.29 is 9.52 Å². The average Bonchev–Trinajstić information content (AvgIpc) is 2.87. The fourth-order valence-electron chi connectivity index (χ4n) is 1.82. The van der Waals surface area contributed by atoms with Gasteiger partial charge in [-0.15, -0.1) is 0 Å². The highest BCUT2D eigenvalue weighted by molar-refractivity contribution is 5.24. The Kier molecular flexibility index (Phi) is 3.10. The topological polar surface area (TPSA) is 51.2 Å². The maximum atomic E-state index is 10.2. The highest BCUT2D eigenvalue weighted by Crippen LogP contribution is 2.24. The van der Waals surface area contributed by atoms with Gasteiger partial charge in [-0.3, -0.25) is 0 Å². The van der Waals surface area contributed by atoms with Crippen LogP contribution in [0.25, 0.3) is 0 Å². The summed E-state index contributed by atoms with van der Waals surface area (Å²) in [6.45, 7) is 4.80. The Balaban J connectivity index is 2.30. The van der Waals surface area contributed by atoms with Crippen molar-refractivity contribution in [3.63, 3.8) is 0 Å². The van der Waals surface area contributed by atoms with E-state index in [4.69, 9.17) is 4.42 Å². The number of furan rings is 1. The number of nitrogens with zero attached hydrogens (tertiary/aromatic N) is 2. The van der Waals surface area contributed by atoms with Crippen LogP contribution in [0.1, 0.15) is 36.6 Å². The van der Waals surface area contributed by atoms with Crippen molar-refractivity contribution in [1.29, 1.82) is 0 Å². The minimum Gasteiger partial charge on any atom is -0.469 e. The van der Waals surface area contributed by atoms with E-state index in [1.165, 1.54) is 0 Å². The Bertz CT molecular complexity index is 459. The molecule has 1 N–H and O–H groups in total. The molecule has 86 valence electrons. The lowest BCUT2D eigenvalue weighted by molar-refractivity contribution is 0.202. The molecule has 0 bridgehead atoms. The van der Waals surface area contributed by atoms with Gasteiger partial charge in [0.25, 0.3) is 0 Å². The molecule has 2 rings (SSSR count). The largest absolute Gasteiger partial charge is 0.469 e. The normalized spacial score (nSPS) is 12.9. The standard InChI is InChI=1S/C12H16N2O2/c1-3-6-14-7-5-13-12(14)11(15)10-4-8-16-9(10)2/h4-5,7-8,11,15H,3,6H2,1-2H3. The number of aliphatic hydroxyl groups excluding tert-OH is 1. The number of hydrogen-bond acceptors (Lipinski definition) is 3. The molecule has 4 nitrogen and oxygen atoms in total. The van der Waals surface area contributed by atoms with E-state index in [0.29, 0.717) is 5.82 Å². The van der Waals surface area contributed by atoms with E-state index in [-0.39, 0.29) is 0 Å². The first-order valence-corrected chi connectivity index (χ1v) is 5.47. The molecule has 0 fully saturated rings. The van der Waals surface area contributed by atoms with Crippen LogP contribution in [-0.4, -0.2) is 14.7 Å². The number of aryl methyl sites for hydroxylation is 2. The predicted molar refractivity (Wildman–Crippen MR) is 60.0 cm³/mol. The lowest BCUT2D eigenvalue weighted by Crippen LogP contribution is -2.09. The van der Waals surface area contributed by atoms with Crippen LogP contribution < -0.4 is 0 Å². The molecule has 2 heterocycles. The summed E-state index contributed by atoms with van der Waals surface area (Å²) in [7, 11) is 0. The molecule has 16 heavy (non-hydrogen) atoms. The summed E-state index contributed by atoms with van der Waals surface area (Å²) in [6, 6.07) is 1.78. The summed E-state index contributed by atoms with van der Waals surface area (Å²) >= 11 is 0. The molecule has 0 radical (unpaired) electrons. The molecule has 0 amide bonds. The van der Waals surface area contributed by atoms with E-state index in [0.717, 1.165) is 24.3 Å². The molecule has 0 aromatic carbocycles. The second-order valence-electron chi connectivity index (χ2n) is 3.81. The Morgan fingerprint density at radius 1 is 1.56 bits per heavy atom. The minimum atomic E-state index is -0.708. The van der Waals surface area contributed by atoms with E-state index in [1.807, 2.05) is 17.7 Å². The molecule has 0 aliphatic carbocycles. The van der Waals surface area contributed by atoms with E-state index >= 15 is 0 Å². The molecule has 1 atom stereocenters. The third-order valence-corrected chi connectivity index (χ3v) is 2.65. The highest BCUT2D eigenvalue weighted by atomic mass is 16.3. The van der Waals surface area contributed by atoms with Gasteiger partial charge in [-0.2, -0.15) is 0 Å². The first-order valence-electron chi connectivity index (χ1n) is 5.47. The van der Waals surface area contributed by atoms with Crippen molar-refractivity contribution in [1.82, 2.24) is 9.55 Å². The minimum absolute atomic E-state index is 0.673. The van der Waals surface area contributed by atoms with Gasteiger partial charge >= 0.3 is 0 Å². The van der Waals surface area contributed by atoms with Gasteiger partial charge in [-0.05, 0) is 19.4 Å². The molecule has 0 saturated heterocycles. The molecule has 0 saturated carbocycles. The van der Waals surface area contributed by atoms with Crippen molar-refractivity contribution >= 4 is 0 Å². The van der Waals surface area contributed by atoms with Crippen molar-refractivity contribution in [2.24, 2.45) is 0 Å². The van der Waals surface area contributed by atoms with E-state index < -0.39 is 6.10 Å². The molecule has 0 spiro atoms. The third-order valence-electron chi connectivity index (χ3n) is 2.65. The van der Waals surface area contributed by atoms with Crippen LogP contribution >= 0.6 is 0 Å². The summed E-state index contributed by atoms with van der Waals surface area (Å²) < 4.78 is 7.16. The summed E-state index contributed by atoms with van der Waals surface area (Å²) in [5, 5.41) is 10.2. The monoisotopic (exact) mass is 220 g/mol. The van der Waals surface area contributed by atoms with Crippen LogP contribution in [0.4, 0.5) is 0 Å². The number of aromatic nitrogens is 2. The zero-order valence-corrected chi connectivity index (χ0v) is 9.55. The lowest BCUT2D eigenvalue weighted by Gasteiger charge is -2.11. The lowest BCUT2D eigenvalue weighted by atomic mass is 10.1. The average molecular weight is 220 g/mol. The molecule has 2 aromatic heterocycles. The van der Waals surface area contributed by atoms with Crippen LogP contribution in [0, 0.1) is 6.92 Å². The van der Waals surface area contributed by atoms with Gasteiger partial charge in [-0.25, -0.2) is 4.98 Å². The van der Waals surface area contributed by atoms with Crippen LogP contribution in [-0.2, 0) is 6.54 Å². The van der Waals surface area contributed by atoms with Gasteiger partial charge in [0, 0.05) is 24.5 Å². The SMILES string of the molecule is CCCn1ccnc1C(O)c1ccoc1C. The summed E-state index contributed by atoms with van der Waals surface area (Å²) in [6.07, 6.45) is 5.49. The highest BCUT2D eigenvalue weighted by Gasteiger charge is 2.19. The maximum absolute atomic E-state index is 10.2. The van der Waals surface area contributed by atoms with Crippen LogP contribution in [0.2, 0.25) is 0 Å². The van der Waals surface area contributed by atoms with Gasteiger partial charge in [-0.1, -0.05) is 6.92 Å². The van der Waals surface area contributed by atoms with Gasteiger partial charge in [0.15, 0.2) is 0 Å². The maximum Gasteiger partial charge on any atom is 0.142 e. The van der Waals surface area contributed by atoms with Crippen molar-refractivity contribution in [3.05, 3.63) is 41.9 Å². The molecule has 0 aliphatic rings. The molecule has 1 unspecified atom stereocenters. The Morgan fingerprint density at radius 2 is 2.38 bits per heavy atom. The van der Waals surface area contributed by atoms with Crippen molar-refractivity contribution in [2.45, 2.75) is 32.9 Å². The van der Waals surface area contributed by atoms with Crippen molar-refractivity contribution in [3.8, 4) is 0 Å². The third kappa shape index (κ3) is 1.88. The summed E-state index contributed by atoms with van der Waals surface area (Å²) in [5.41, 5.74) is 0.781. The van der Waals surface area contributed by atoms with Crippen LogP contribution in [0.3, 0.4) is 0 Å². The number of imidazole rings is 1. The molecule has 2 aromatic rings. The van der Waals surface area contributed by atoms with Gasteiger partial charge < -0.3 is 14.1 Å². The quantitative estimate of drug-likeness (QED) is 0.860. The van der Waals surface area contributed by atoms with E-state index in [1.54, 1.807) is 18.5 Å². The predicted octanol–water partition coefficient (Wildman–Crippen LogP) is 2.28. The fraction of sp³-hybridized carbons (Fsp3) is 0.417. The van der Waals surface area contributed by atoms with Crippen LogP contribution in [0.15, 0.2) is 29.1 Å². The smallest absolute Gasteiger partial charge is 0.142 e. The van der Waals surface area contributed by atoms with Crippen molar-refractivity contribution in [2.75, 3.05) is 0 Å². The first kappa shape index (κ1) is 11.0. The summed E-state index contributed by atoms with van der Waals surface area (Å²) in [5.74, 6) is 1.41. The Labute approximate surface area is 94.5 Å². The van der Waals surface area contributed by atoms with Gasteiger partial charge in [0.1, 0.15) is 17.7 Å². The zero-order valence-electron chi connectivity index (χ0n) is 9.55. The Morgan fingerprint density at radius 3 is 3.00 bits per heavy atom. The number of rotatable bonds is 4. The number of hydrogen-bond donors (Lipinski definition) is 1. The van der Waals surface area contributed by atoms with Crippen LogP contribution in [0.5, 0.6) is 0 Å². The van der Waals surface area contributed by atoms with E-state index in [2.05, 4.69) is 11.9 Å². The number of aliphatic hydroxyl groups is 1. The fourth-order valence-corrected chi connectivity index (χ4v) is 1.82. The second-order valence-corrected chi connectivity index (χ2v) is 3.81. The zero-order chi connectivity index (χ0) is 11.5. The molecular weight excluding hydrogens is 204 g/mol. The molecule has 0 aliphatic heterocycles. The molecule has 4 heteroatoms. The molecular formula is C12H16N2O2.